The zero-order valence-corrected chi connectivity index (χ0v) is 5.33. The lowest BCUT2D eigenvalue weighted by Crippen LogP contribution is -2.07. The predicted octanol–water partition coefficient (Wildman–Crippen LogP) is -0.926. The Bertz CT molecular complexity index is 343. The van der Waals surface area contributed by atoms with Crippen molar-refractivity contribution in [2.75, 3.05) is 5.73 Å². The number of pyridine rings is 1. The van der Waals surface area contributed by atoms with E-state index in [-0.39, 0.29) is 5.82 Å². The van der Waals surface area contributed by atoms with Crippen LogP contribution < -0.4 is 11.3 Å². The molecule has 60 valence electrons. The van der Waals surface area contributed by atoms with E-state index in [0.717, 1.165) is 0 Å². The summed E-state index contributed by atoms with van der Waals surface area (Å²) in [6.07, 6.45) is 0. The van der Waals surface area contributed by atoms with Crippen LogP contribution >= 0.6 is 0 Å². The summed E-state index contributed by atoms with van der Waals surface area (Å²) in [6, 6.07) is 0. The minimum Gasteiger partial charge on any atom is -0.502 e. The van der Waals surface area contributed by atoms with Gasteiger partial charge in [-0.2, -0.15) is 0 Å². The fourth-order valence-electron chi connectivity index (χ4n) is 0.588. The van der Waals surface area contributed by atoms with Crippen LogP contribution in [-0.4, -0.2) is 20.3 Å². The van der Waals surface area contributed by atoms with Gasteiger partial charge in [0.05, 0.1) is 0 Å². The molecule has 1 heterocycles. The van der Waals surface area contributed by atoms with E-state index >= 15 is 0 Å². The van der Waals surface area contributed by atoms with Gasteiger partial charge >= 0.3 is 0 Å². The molecule has 0 aliphatic heterocycles. The van der Waals surface area contributed by atoms with Crippen molar-refractivity contribution in [3.05, 3.63) is 10.4 Å². The molecule has 0 aliphatic carbocycles. The molecule has 0 bridgehead atoms. The fourth-order valence-corrected chi connectivity index (χ4v) is 0.588. The molecule has 0 saturated carbocycles. The summed E-state index contributed by atoms with van der Waals surface area (Å²) in [5.74, 6) is -2.98. The number of nitrogens with one attached hydrogen (secondary N) is 1. The number of aromatic amines is 1. The van der Waals surface area contributed by atoms with Crippen molar-refractivity contribution in [1.82, 2.24) is 4.98 Å². The molecule has 6 heteroatoms. The first kappa shape index (κ1) is 7.26. The van der Waals surface area contributed by atoms with Crippen LogP contribution in [0.3, 0.4) is 0 Å². The van der Waals surface area contributed by atoms with Gasteiger partial charge in [-0.3, -0.25) is 4.79 Å². The van der Waals surface area contributed by atoms with Crippen LogP contribution in [0.2, 0.25) is 0 Å². The maximum atomic E-state index is 10.6. The third-order valence-corrected chi connectivity index (χ3v) is 1.17. The Morgan fingerprint density at radius 1 is 1.09 bits per heavy atom. The van der Waals surface area contributed by atoms with Gasteiger partial charge in [0.1, 0.15) is 0 Å². The van der Waals surface area contributed by atoms with Gasteiger partial charge in [-0.05, 0) is 0 Å². The minimum atomic E-state index is -0.948. The van der Waals surface area contributed by atoms with Crippen LogP contribution in [0.1, 0.15) is 0 Å². The first-order valence-electron chi connectivity index (χ1n) is 2.66. The molecule has 0 aliphatic rings. The number of nitrogen functional groups attached to an aromatic ring is 1. The van der Waals surface area contributed by atoms with E-state index in [0.29, 0.717) is 0 Å². The fraction of sp³-hybridized carbons (Fsp3) is 0. The first-order chi connectivity index (χ1) is 5.04. The Labute approximate surface area is 60.5 Å². The maximum Gasteiger partial charge on any atom is 0.295 e. The molecule has 0 aromatic carbocycles. The monoisotopic (exact) mass is 158 g/mol. The number of H-pyrrole nitrogens is 1. The summed E-state index contributed by atoms with van der Waals surface area (Å²) < 4.78 is 0. The lowest BCUT2D eigenvalue weighted by atomic mass is 10.3. The predicted molar refractivity (Wildman–Crippen MR) is 36.5 cm³/mol. The average molecular weight is 158 g/mol. The SMILES string of the molecule is Nc1[nH]c(=O)c(O)c(O)c1O. The van der Waals surface area contributed by atoms with Crippen LogP contribution in [0.5, 0.6) is 17.2 Å². The zero-order valence-electron chi connectivity index (χ0n) is 5.33. The number of hydrogen-bond acceptors (Lipinski definition) is 5. The van der Waals surface area contributed by atoms with Crippen LogP contribution in [0, 0.1) is 0 Å². The second-order valence-corrected chi connectivity index (χ2v) is 1.91. The lowest BCUT2D eigenvalue weighted by molar-refractivity contribution is 0.363. The minimum absolute atomic E-state index is 0.384. The third kappa shape index (κ3) is 0.936. The second kappa shape index (κ2) is 2.08. The molecular formula is C5H6N2O4. The summed E-state index contributed by atoms with van der Waals surface area (Å²) in [7, 11) is 0. The summed E-state index contributed by atoms with van der Waals surface area (Å²) >= 11 is 0. The molecule has 0 fully saturated rings. The Hall–Kier alpha value is -1.85. The van der Waals surface area contributed by atoms with E-state index in [4.69, 9.17) is 21.1 Å². The largest absolute Gasteiger partial charge is 0.502 e. The van der Waals surface area contributed by atoms with Crippen molar-refractivity contribution < 1.29 is 15.3 Å². The van der Waals surface area contributed by atoms with E-state index < -0.39 is 22.8 Å². The van der Waals surface area contributed by atoms with Crippen molar-refractivity contribution in [3.8, 4) is 17.2 Å². The van der Waals surface area contributed by atoms with E-state index in [1.54, 1.807) is 0 Å². The number of aromatic hydroxyl groups is 3. The average Bonchev–Trinajstić information content (AvgIpc) is 1.97. The molecule has 1 aromatic rings. The Balaban J connectivity index is 3.59. The maximum absolute atomic E-state index is 10.6. The van der Waals surface area contributed by atoms with Gasteiger partial charge in [0.15, 0.2) is 5.82 Å². The third-order valence-electron chi connectivity index (χ3n) is 1.17. The zero-order chi connectivity index (χ0) is 8.59. The van der Waals surface area contributed by atoms with Crippen molar-refractivity contribution >= 4 is 5.82 Å². The summed E-state index contributed by atoms with van der Waals surface area (Å²) in [6.45, 7) is 0. The Morgan fingerprint density at radius 3 is 2.18 bits per heavy atom. The topological polar surface area (TPSA) is 120 Å². The van der Waals surface area contributed by atoms with Gasteiger partial charge in [-0.1, -0.05) is 0 Å². The highest BCUT2D eigenvalue weighted by molar-refractivity contribution is 5.58. The molecule has 11 heavy (non-hydrogen) atoms. The smallest absolute Gasteiger partial charge is 0.295 e. The van der Waals surface area contributed by atoms with Crippen LogP contribution in [0.15, 0.2) is 4.79 Å². The molecule has 0 saturated heterocycles. The highest BCUT2D eigenvalue weighted by Gasteiger charge is 2.12. The van der Waals surface area contributed by atoms with E-state index in [2.05, 4.69) is 0 Å². The van der Waals surface area contributed by atoms with E-state index in [1.165, 1.54) is 0 Å². The first-order valence-corrected chi connectivity index (χ1v) is 2.66. The molecule has 0 radical (unpaired) electrons. The molecule has 0 atom stereocenters. The molecule has 6 N–H and O–H groups in total. The number of aromatic nitrogens is 1. The molecule has 6 nitrogen and oxygen atoms in total. The van der Waals surface area contributed by atoms with Crippen molar-refractivity contribution in [1.29, 1.82) is 0 Å². The van der Waals surface area contributed by atoms with Gasteiger partial charge in [-0.25, -0.2) is 0 Å². The molecule has 0 amide bonds. The van der Waals surface area contributed by atoms with Crippen LogP contribution in [-0.2, 0) is 0 Å². The van der Waals surface area contributed by atoms with E-state index in [1.807, 2.05) is 4.98 Å². The number of rotatable bonds is 0. The molecular weight excluding hydrogens is 152 g/mol. The lowest BCUT2D eigenvalue weighted by Gasteiger charge is -2.01. The van der Waals surface area contributed by atoms with Crippen molar-refractivity contribution in [2.24, 2.45) is 0 Å². The summed E-state index contributed by atoms with van der Waals surface area (Å²) in [5, 5.41) is 26.3. The van der Waals surface area contributed by atoms with Crippen molar-refractivity contribution in [3.63, 3.8) is 0 Å². The van der Waals surface area contributed by atoms with E-state index in [9.17, 15) is 4.79 Å². The Kier molecular flexibility index (Phi) is 1.37. The van der Waals surface area contributed by atoms with Gasteiger partial charge in [0.2, 0.25) is 17.2 Å². The summed E-state index contributed by atoms with van der Waals surface area (Å²) in [5.41, 5.74) is 4.07. The highest BCUT2D eigenvalue weighted by Crippen LogP contribution is 2.33. The highest BCUT2D eigenvalue weighted by atomic mass is 16.3. The van der Waals surface area contributed by atoms with Gasteiger partial charge in [0, 0.05) is 0 Å². The van der Waals surface area contributed by atoms with Crippen LogP contribution in [0.4, 0.5) is 5.82 Å². The van der Waals surface area contributed by atoms with Crippen molar-refractivity contribution in [2.45, 2.75) is 0 Å². The molecule has 1 rings (SSSR count). The molecule has 0 unspecified atom stereocenters. The standard InChI is InChI=1S/C5H6N2O4/c6-4-2(9)1(8)3(10)5(11)7-4/h9-10H,(H4,6,7,8,11). The number of hydrogen-bond donors (Lipinski definition) is 5. The van der Waals surface area contributed by atoms with Crippen LogP contribution in [0.25, 0.3) is 0 Å². The summed E-state index contributed by atoms with van der Waals surface area (Å²) in [4.78, 5) is 12.5. The normalized spacial score (nSPS) is 9.82. The molecule has 0 spiro atoms. The van der Waals surface area contributed by atoms with Gasteiger partial charge in [0.25, 0.3) is 5.56 Å². The van der Waals surface area contributed by atoms with Gasteiger partial charge < -0.3 is 26.0 Å². The number of anilines is 1. The van der Waals surface area contributed by atoms with Gasteiger partial charge in [-0.15, -0.1) is 0 Å². The quantitative estimate of drug-likeness (QED) is 0.334. The molecule has 1 aromatic heterocycles. The second-order valence-electron chi connectivity index (χ2n) is 1.91. The Morgan fingerprint density at radius 2 is 1.64 bits per heavy atom. The number of nitrogens with two attached hydrogens (primary N) is 1.